The smallest absolute Gasteiger partial charge is 0.227 e. The molecule has 0 aliphatic carbocycles. The predicted octanol–water partition coefficient (Wildman–Crippen LogP) is 1.47. The molecule has 1 rings (SSSR count). The number of para-hydroxylation sites is 1. The van der Waals surface area contributed by atoms with Gasteiger partial charge in [0.25, 0.3) is 0 Å². The molecule has 0 fully saturated rings. The Bertz CT molecular complexity index is 401. The molecule has 0 radical (unpaired) electrons. The number of hydrogen-bond donors (Lipinski definition) is 1. The van der Waals surface area contributed by atoms with Crippen LogP contribution in [-0.4, -0.2) is 18.4 Å². The molecule has 0 saturated carbocycles. The van der Waals surface area contributed by atoms with Gasteiger partial charge in [-0.3, -0.25) is 9.59 Å². The SMILES string of the molecule is C=CCN(C(=O)CCC(N)=O)c1ccccc1. The summed E-state index contributed by atoms with van der Waals surface area (Å²) in [4.78, 5) is 24.1. The van der Waals surface area contributed by atoms with Crippen molar-refractivity contribution in [3.8, 4) is 0 Å². The fourth-order valence-electron chi connectivity index (χ4n) is 1.45. The molecule has 0 aliphatic heterocycles. The van der Waals surface area contributed by atoms with Gasteiger partial charge in [-0.15, -0.1) is 6.58 Å². The van der Waals surface area contributed by atoms with Gasteiger partial charge in [0.1, 0.15) is 0 Å². The zero-order valence-corrected chi connectivity index (χ0v) is 9.63. The number of carbonyl (C=O) groups excluding carboxylic acids is 2. The normalized spacial score (nSPS) is 9.65. The predicted molar refractivity (Wildman–Crippen MR) is 67.4 cm³/mol. The van der Waals surface area contributed by atoms with Gasteiger partial charge in [-0.25, -0.2) is 0 Å². The van der Waals surface area contributed by atoms with Crippen molar-refractivity contribution in [1.29, 1.82) is 0 Å². The lowest BCUT2D eigenvalue weighted by atomic mass is 10.2. The average molecular weight is 232 g/mol. The number of anilines is 1. The van der Waals surface area contributed by atoms with Gasteiger partial charge in [-0.05, 0) is 12.1 Å². The molecule has 0 unspecified atom stereocenters. The highest BCUT2D eigenvalue weighted by Crippen LogP contribution is 2.14. The Morgan fingerprint density at radius 2 is 1.88 bits per heavy atom. The van der Waals surface area contributed by atoms with E-state index in [9.17, 15) is 9.59 Å². The molecule has 0 bridgehead atoms. The van der Waals surface area contributed by atoms with Crippen LogP contribution in [0.3, 0.4) is 0 Å². The van der Waals surface area contributed by atoms with Gasteiger partial charge < -0.3 is 10.6 Å². The van der Waals surface area contributed by atoms with Crippen molar-refractivity contribution in [2.24, 2.45) is 5.73 Å². The zero-order chi connectivity index (χ0) is 12.7. The molecular formula is C13H16N2O2. The van der Waals surface area contributed by atoms with Crippen LogP contribution in [-0.2, 0) is 9.59 Å². The third kappa shape index (κ3) is 4.10. The van der Waals surface area contributed by atoms with Crippen molar-refractivity contribution in [3.05, 3.63) is 43.0 Å². The number of amides is 2. The standard InChI is InChI=1S/C13H16N2O2/c1-2-10-15(11-6-4-3-5-7-11)13(17)9-8-12(14)16/h2-7H,1,8-10H2,(H2,14,16). The van der Waals surface area contributed by atoms with Gasteiger partial charge in [0.2, 0.25) is 11.8 Å². The summed E-state index contributed by atoms with van der Waals surface area (Å²) in [7, 11) is 0. The van der Waals surface area contributed by atoms with Gasteiger partial charge in [0, 0.05) is 25.1 Å². The van der Waals surface area contributed by atoms with Crippen LogP contribution in [0.25, 0.3) is 0 Å². The fourth-order valence-corrected chi connectivity index (χ4v) is 1.45. The summed E-state index contributed by atoms with van der Waals surface area (Å²) in [5.74, 6) is -0.597. The summed E-state index contributed by atoms with van der Waals surface area (Å²) in [5.41, 5.74) is 5.82. The molecule has 0 saturated heterocycles. The molecule has 2 N–H and O–H groups in total. The molecule has 0 aliphatic rings. The van der Waals surface area contributed by atoms with Crippen LogP contribution >= 0.6 is 0 Å². The maximum absolute atomic E-state index is 11.9. The van der Waals surface area contributed by atoms with E-state index in [1.807, 2.05) is 30.3 Å². The van der Waals surface area contributed by atoms with Crippen LogP contribution in [0.1, 0.15) is 12.8 Å². The Labute approximate surface area is 101 Å². The minimum Gasteiger partial charge on any atom is -0.370 e. The monoisotopic (exact) mass is 232 g/mol. The molecular weight excluding hydrogens is 216 g/mol. The summed E-state index contributed by atoms with van der Waals surface area (Å²) in [6.07, 6.45) is 1.84. The van der Waals surface area contributed by atoms with Crippen molar-refractivity contribution >= 4 is 17.5 Å². The van der Waals surface area contributed by atoms with E-state index in [1.54, 1.807) is 11.0 Å². The van der Waals surface area contributed by atoms with E-state index in [2.05, 4.69) is 6.58 Å². The van der Waals surface area contributed by atoms with Gasteiger partial charge in [0.15, 0.2) is 0 Å². The molecule has 0 heterocycles. The lowest BCUT2D eigenvalue weighted by molar-refractivity contribution is -0.123. The Morgan fingerprint density at radius 3 is 2.41 bits per heavy atom. The first kappa shape index (κ1) is 13.0. The second-order valence-corrected chi connectivity index (χ2v) is 3.59. The second kappa shape index (κ2) is 6.48. The first-order chi connectivity index (χ1) is 8.15. The molecule has 0 atom stereocenters. The second-order valence-electron chi connectivity index (χ2n) is 3.59. The summed E-state index contributed by atoms with van der Waals surface area (Å²) >= 11 is 0. The summed E-state index contributed by atoms with van der Waals surface area (Å²) in [6, 6.07) is 9.26. The number of primary amides is 1. The Kier molecular flexibility index (Phi) is 4.94. The van der Waals surface area contributed by atoms with Crippen molar-refractivity contribution in [2.45, 2.75) is 12.8 Å². The van der Waals surface area contributed by atoms with Crippen LogP contribution in [0.15, 0.2) is 43.0 Å². The Morgan fingerprint density at radius 1 is 1.24 bits per heavy atom. The summed E-state index contributed by atoms with van der Waals surface area (Å²) in [5, 5.41) is 0. The van der Waals surface area contributed by atoms with Crippen LogP contribution in [0.4, 0.5) is 5.69 Å². The van der Waals surface area contributed by atoms with Crippen molar-refractivity contribution < 1.29 is 9.59 Å². The Hall–Kier alpha value is -2.10. The van der Waals surface area contributed by atoms with Crippen molar-refractivity contribution in [1.82, 2.24) is 0 Å². The third-order valence-electron chi connectivity index (χ3n) is 2.27. The van der Waals surface area contributed by atoms with Crippen LogP contribution in [0.2, 0.25) is 0 Å². The molecule has 2 amide bonds. The van der Waals surface area contributed by atoms with Gasteiger partial charge in [-0.2, -0.15) is 0 Å². The molecule has 4 nitrogen and oxygen atoms in total. The van der Waals surface area contributed by atoms with Gasteiger partial charge >= 0.3 is 0 Å². The van der Waals surface area contributed by atoms with Crippen LogP contribution in [0, 0.1) is 0 Å². The molecule has 90 valence electrons. The number of nitrogens with zero attached hydrogens (tertiary/aromatic N) is 1. The highest BCUT2D eigenvalue weighted by molar-refractivity contribution is 5.95. The van der Waals surface area contributed by atoms with E-state index >= 15 is 0 Å². The maximum Gasteiger partial charge on any atom is 0.227 e. The van der Waals surface area contributed by atoms with E-state index in [4.69, 9.17) is 5.73 Å². The Balaban J connectivity index is 2.75. The molecule has 1 aromatic carbocycles. The van der Waals surface area contributed by atoms with Gasteiger partial charge in [0.05, 0.1) is 0 Å². The van der Waals surface area contributed by atoms with E-state index in [-0.39, 0.29) is 18.7 Å². The topological polar surface area (TPSA) is 63.4 Å². The average Bonchev–Trinajstić information content (AvgIpc) is 2.34. The fraction of sp³-hybridized carbons (Fsp3) is 0.231. The minimum atomic E-state index is -0.468. The highest BCUT2D eigenvalue weighted by Gasteiger charge is 2.14. The third-order valence-corrected chi connectivity index (χ3v) is 2.27. The molecule has 4 heteroatoms. The summed E-state index contributed by atoms with van der Waals surface area (Å²) < 4.78 is 0. The van der Waals surface area contributed by atoms with E-state index in [1.165, 1.54) is 0 Å². The van der Waals surface area contributed by atoms with Crippen LogP contribution in [0.5, 0.6) is 0 Å². The molecule has 17 heavy (non-hydrogen) atoms. The summed E-state index contributed by atoms with van der Waals surface area (Å²) in [6.45, 7) is 4.04. The van der Waals surface area contributed by atoms with E-state index in [0.717, 1.165) is 5.69 Å². The van der Waals surface area contributed by atoms with Gasteiger partial charge in [-0.1, -0.05) is 24.3 Å². The minimum absolute atomic E-state index is 0.0688. The largest absolute Gasteiger partial charge is 0.370 e. The van der Waals surface area contributed by atoms with Crippen molar-refractivity contribution in [2.75, 3.05) is 11.4 Å². The quantitative estimate of drug-likeness (QED) is 0.755. The first-order valence-electron chi connectivity index (χ1n) is 5.39. The number of carbonyl (C=O) groups is 2. The molecule has 1 aromatic rings. The number of rotatable bonds is 6. The highest BCUT2D eigenvalue weighted by atomic mass is 16.2. The van der Waals surface area contributed by atoms with E-state index < -0.39 is 5.91 Å². The number of nitrogens with two attached hydrogens (primary N) is 1. The van der Waals surface area contributed by atoms with Crippen molar-refractivity contribution in [3.63, 3.8) is 0 Å². The maximum atomic E-state index is 11.9. The van der Waals surface area contributed by atoms with E-state index in [0.29, 0.717) is 6.54 Å². The zero-order valence-electron chi connectivity index (χ0n) is 9.63. The number of hydrogen-bond acceptors (Lipinski definition) is 2. The first-order valence-corrected chi connectivity index (χ1v) is 5.39. The lowest BCUT2D eigenvalue weighted by Gasteiger charge is -2.20. The molecule has 0 aromatic heterocycles. The van der Waals surface area contributed by atoms with Crippen LogP contribution < -0.4 is 10.6 Å². The number of benzene rings is 1. The molecule has 0 spiro atoms. The lowest BCUT2D eigenvalue weighted by Crippen LogP contribution is -2.31.